The molecule has 1 amide bonds. The fraction of sp³-hybridized carbons (Fsp3) is 0.652. The maximum absolute atomic E-state index is 13.1. The molecule has 0 radical (unpaired) electrons. The molecule has 1 aliphatic carbocycles. The molecular formula is C23H30F3N3O5. The highest BCUT2D eigenvalue weighted by Gasteiger charge is 2.51. The predicted octanol–water partition coefficient (Wildman–Crippen LogP) is 2.31. The maximum atomic E-state index is 13.1. The van der Waals surface area contributed by atoms with Crippen LogP contribution in [0.1, 0.15) is 32.6 Å². The van der Waals surface area contributed by atoms with Crippen LogP contribution in [0.2, 0.25) is 0 Å². The van der Waals surface area contributed by atoms with Crippen molar-refractivity contribution in [3.63, 3.8) is 0 Å². The fourth-order valence-corrected chi connectivity index (χ4v) is 5.16. The maximum Gasteiger partial charge on any atom is 0.573 e. The second kappa shape index (κ2) is 9.26. The summed E-state index contributed by atoms with van der Waals surface area (Å²) in [5, 5.41) is 20.2. The molecule has 4 rings (SSSR count). The molecule has 1 aromatic carbocycles. The molecule has 34 heavy (non-hydrogen) atoms. The summed E-state index contributed by atoms with van der Waals surface area (Å²) >= 11 is 0. The van der Waals surface area contributed by atoms with E-state index in [1.54, 1.807) is 17.9 Å². The zero-order valence-corrected chi connectivity index (χ0v) is 19.0. The summed E-state index contributed by atoms with van der Waals surface area (Å²) in [5.41, 5.74) is 0.456. The van der Waals surface area contributed by atoms with Crippen molar-refractivity contribution >= 4 is 17.6 Å². The van der Waals surface area contributed by atoms with Gasteiger partial charge < -0.3 is 29.6 Å². The summed E-state index contributed by atoms with van der Waals surface area (Å²) < 4.78 is 41.7. The highest BCUT2D eigenvalue weighted by molar-refractivity contribution is 5.90. The number of carbonyl (C=O) groups is 2. The van der Waals surface area contributed by atoms with Gasteiger partial charge in [0.25, 0.3) is 0 Å². The van der Waals surface area contributed by atoms with Gasteiger partial charge in [0.1, 0.15) is 17.8 Å². The van der Waals surface area contributed by atoms with Gasteiger partial charge in [-0.3, -0.25) is 4.79 Å². The number of halogens is 3. The number of hydrogen-bond acceptors (Lipinski definition) is 6. The summed E-state index contributed by atoms with van der Waals surface area (Å²) in [5.74, 6) is -1.87. The van der Waals surface area contributed by atoms with Gasteiger partial charge in [0.2, 0.25) is 5.91 Å². The number of ether oxygens (including phenoxy) is 1. The highest BCUT2D eigenvalue weighted by Crippen LogP contribution is 2.53. The van der Waals surface area contributed by atoms with E-state index in [-0.39, 0.29) is 30.7 Å². The Bertz CT molecular complexity index is 923. The number of benzene rings is 1. The van der Waals surface area contributed by atoms with Crippen molar-refractivity contribution in [2.75, 3.05) is 37.6 Å². The molecule has 3 fully saturated rings. The molecule has 3 atom stereocenters. The summed E-state index contributed by atoms with van der Waals surface area (Å²) in [6.45, 7) is 3.80. The van der Waals surface area contributed by atoms with Crippen molar-refractivity contribution < 1.29 is 37.7 Å². The molecule has 11 heteroatoms. The van der Waals surface area contributed by atoms with E-state index in [1.807, 2.05) is 0 Å². The van der Waals surface area contributed by atoms with Gasteiger partial charge in [-0.1, -0.05) is 6.07 Å². The van der Waals surface area contributed by atoms with Crippen LogP contribution in [-0.2, 0) is 9.59 Å². The van der Waals surface area contributed by atoms with Gasteiger partial charge in [-0.15, -0.1) is 13.2 Å². The third-order valence-corrected chi connectivity index (χ3v) is 7.41. The van der Waals surface area contributed by atoms with Gasteiger partial charge in [-0.05, 0) is 56.7 Å². The van der Waals surface area contributed by atoms with E-state index in [0.29, 0.717) is 18.8 Å². The first kappa shape index (κ1) is 24.6. The van der Waals surface area contributed by atoms with E-state index in [1.165, 1.54) is 23.1 Å². The predicted molar refractivity (Wildman–Crippen MR) is 116 cm³/mol. The number of aliphatic hydroxyl groups excluding tert-OH is 1. The van der Waals surface area contributed by atoms with Crippen LogP contribution >= 0.6 is 0 Å². The Kier molecular flexibility index (Phi) is 6.69. The number of carboxylic acids is 1. The number of rotatable bonds is 7. The van der Waals surface area contributed by atoms with Crippen molar-refractivity contribution in [1.82, 2.24) is 9.80 Å². The number of amides is 1. The minimum Gasteiger partial charge on any atom is -0.480 e. The molecule has 2 unspecified atom stereocenters. The molecule has 2 N–H and O–H groups in total. The van der Waals surface area contributed by atoms with Gasteiger partial charge in [0.05, 0.1) is 6.10 Å². The van der Waals surface area contributed by atoms with E-state index < -0.39 is 36.4 Å². The monoisotopic (exact) mass is 485 g/mol. The molecule has 1 spiro atoms. The SMILES string of the molecule is CC1C(=O)N(C(CCN2CCC3(CC3)[C@H](O)C2)C(=O)O)CCN1c1cccc(OC(F)(F)F)c1. The molecule has 2 saturated heterocycles. The van der Waals surface area contributed by atoms with E-state index >= 15 is 0 Å². The van der Waals surface area contributed by atoms with Crippen molar-refractivity contribution in [1.29, 1.82) is 0 Å². The summed E-state index contributed by atoms with van der Waals surface area (Å²) in [6, 6.07) is 3.65. The average Bonchev–Trinajstić information content (AvgIpc) is 3.53. The summed E-state index contributed by atoms with van der Waals surface area (Å²) in [7, 11) is 0. The van der Waals surface area contributed by atoms with Crippen molar-refractivity contribution in [3.05, 3.63) is 24.3 Å². The second-order valence-corrected chi connectivity index (χ2v) is 9.52. The molecule has 2 heterocycles. The van der Waals surface area contributed by atoms with Crippen molar-refractivity contribution in [2.24, 2.45) is 5.41 Å². The van der Waals surface area contributed by atoms with Gasteiger partial charge in [0, 0.05) is 37.9 Å². The van der Waals surface area contributed by atoms with Crippen LogP contribution in [0.15, 0.2) is 24.3 Å². The number of nitrogens with zero attached hydrogens (tertiary/aromatic N) is 3. The van der Waals surface area contributed by atoms with Crippen LogP contribution in [-0.4, -0.2) is 89.2 Å². The van der Waals surface area contributed by atoms with Gasteiger partial charge in [-0.2, -0.15) is 0 Å². The first-order chi connectivity index (χ1) is 16.0. The smallest absolute Gasteiger partial charge is 0.480 e. The van der Waals surface area contributed by atoms with Crippen LogP contribution in [0.3, 0.4) is 0 Å². The largest absolute Gasteiger partial charge is 0.573 e. The summed E-state index contributed by atoms with van der Waals surface area (Å²) in [6.07, 6.45) is -1.99. The number of piperazine rings is 1. The quantitative estimate of drug-likeness (QED) is 0.612. The minimum atomic E-state index is -4.82. The van der Waals surface area contributed by atoms with Crippen LogP contribution in [0.5, 0.6) is 5.75 Å². The number of anilines is 1. The number of hydrogen-bond donors (Lipinski definition) is 2. The topological polar surface area (TPSA) is 93.5 Å². The number of carboxylic acid groups (broad SMARTS) is 1. The zero-order chi connectivity index (χ0) is 24.7. The number of likely N-dealkylation sites (tertiary alicyclic amines) is 1. The second-order valence-electron chi connectivity index (χ2n) is 9.52. The molecule has 0 bridgehead atoms. The standard InChI is InChI=1S/C23H30F3N3O5/c1-15-20(31)29(12-11-28(15)16-3-2-4-17(13-16)34-23(24,25)26)18(21(32)33)5-9-27-10-8-22(6-7-22)19(30)14-27/h2-4,13,15,18-19,30H,5-12,14H2,1H3,(H,32,33)/t15?,18?,19-/m1/s1. The lowest BCUT2D eigenvalue weighted by Gasteiger charge is -2.43. The van der Waals surface area contributed by atoms with E-state index in [9.17, 15) is 33.0 Å². The van der Waals surface area contributed by atoms with Gasteiger partial charge in [0.15, 0.2) is 0 Å². The Balaban J connectivity index is 1.38. The van der Waals surface area contributed by atoms with Gasteiger partial charge in [-0.25, -0.2) is 4.79 Å². The zero-order valence-electron chi connectivity index (χ0n) is 19.0. The van der Waals surface area contributed by atoms with Crippen molar-refractivity contribution in [2.45, 2.75) is 57.2 Å². The van der Waals surface area contributed by atoms with Crippen LogP contribution in [0, 0.1) is 5.41 Å². The van der Waals surface area contributed by atoms with E-state index in [2.05, 4.69) is 9.64 Å². The Labute approximate surface area is 195 Å². The molecule has 1 aromatic rings. The first-order valence-corrected chi connectivity index (χ1v) is 11.6. The number of β-amino-alcohol motifs (C(OH)–C–C–N with tert-alkyl or cyclic N) is 1. The third-order valence-electron chi connectivity index (χ3n) is 7.41. The Morgan fingerprint density at radius 1 is 1.24 bits per heavy atom. The molecule has 1 saturated carbocycles. The van der Waals surface area contributed by atoms with Crippen LogP contribution in [0.4, 0.5) is 18.9 Å². The fourth-order valence-electron chi connectivity index (χ4n) is 5.16. The number of piperidine rings is 1. The Morgan fingerprint density at radius 2 is 1.97 bits per heavy atom. The van der Waals surface area contributed by atoms with Gasteiger partial charge >= 0.3 is 12.3 Å². The lowest BCUT2D eigenvalue weighted by Crippen LogP contribution is -2.60. The van der Waals surface area contributed by atoms with Crippen LogP contribution in [0.25, 0.3) is 0 Å². The molecule has 0 aromatic heterocycles. The Hall–Kier alpha value is -2.53. The molecule has 8 nitrogen and oxygen atoms in total. The minimum absolute atomic E-state index is 0.0624. The number of aliphatic carboxylic acids is 1. The third kappa shape index (κ3) is 5.25. The van der Waals surface area contributed by atoms with E-state index in [0.717, 1.165) is 25.8 Å². The molecule has 188 valence electrons. The average molecular weight is 486 g/mol. The normalized spacial score (nSPS) is 26.0. The first-order valence-electron chi connectivity index (χ1n) is 11.6. The number of aliphatic hydroxyl groups is 1. The molecular weight excluding hydrogens is 455 g/mol. The highest BCUT2D eigenvalue weighted by atomic mass is 19.4. The number of carbonyl (C=O) groups excluding carboxylic acids is 1. The Morgan fingerprint density at radius 3 is 2.59 bits per heavy atom. The summed E-state index contributed by atoms with van der Waals surface area (Å²) in [4.78, 5) is 30.2. The lowest BCUT2D eigenvalue weighted by molar-refractivity contribution is -0.274. The van der Waals surface area contributed by atoms with Crippen molar-refractivity contribution in [3.8, 4) is 5.75 Å². The lowest BCUT2D eigenvalue weighted by atomic mass is 9.90. The number of alkyl halides is 3. The van der Waals surface area contributed by atoms with E-state index in [4.69, 9.17) is 0 Å². The van der Waals surface area contributed by atoms with Crippen LogP contribution < -0.4 is 9.64 Å². The molecule has 2 aliphatic heterocycles. The molecule has 3 aliphatic rings.